The van der Waals surface area contributed by atoms with Crippen molar-refractivity contribution >= 4 is 12.0 Å². The van der Waals surface area contributed by atoms with E-state index in [0.29, 0.717) is 19.6 Å². The molecule has 0 aromatic heterocycles. The van der Waals surface area contributed by atoms with Crippen molar-refractivity contribution in [2.24, 2.45) is 5.92 Å². The van der Waals surface area contributed by atoms with Gasteiger partial charge in [0.25, 0.3) is 0 Å². The predicted octanol–water partition coefficient (Wildman–Crippen LogP) is 1.14. The zero-order valence-electron chi connectivity index (χ0n) is 11.8. The lowest BCUT2D eigenvalue weighted by Gasteiger charge is -2.42. The minimum absolute atomic E-state index is 0.0192. The van der Waals surface area contributed by atoms with Crippen molar-refractivity contribution in [3.05, 3.63) is 0 Å². The number of hydrogen-bond donors (Lipinski definition) is 2. The molecule has 2 rings (SSSR count). The number of carboxylic acids is 1. The van der Waals surface area contributed by atoms with E-state index in [0.717, 1.165) is 32.1 Å². The number of carbonyl (C=O) groups excluding carboxylic acids is 1. The van der Waals surface area contributed by atoms with Gasteiger partial charge in [-0.05, 0) is 38.0 Å². The largest absolute Gasteiger partial charge is 0.481 e. The molecule has 2 aliphatic rings. The van der Waals surface area contributed by atoms with Gasteiger partial charge in [-0.25, -0.2) is 4.79 Å². The van der Waals surface area contributed by atoms with E-state index < -0.39 is 5.97 Å². The number of aliphatic hydroxyl groups is 1. The molecule has 2 N–H and O–H groups in total. The average Bonchev–Trinajstić information content (AvgIpc) is 2.35. The molecule has 6 nitrogen and oxygen atoms in total. The van der Waals surface area contributed by atoms with Gasteiger partial charge >= 0.3 is 12.0 Å². The summed E-state index contributed by atoms with van der Waals surface area (Å²) in [5, 5.41) is 18.0. The van der Waals surface area contributed by atoms with Gasteiger partial charge in [-0.2, -0.15) is 0 Å². The predicted molar refractivity (Wildman–Crippen MR) is 73.4 cm³/mol. The molecule has 1 heterocycles. The second kappa shape index (κ2) is 6.92. The van der Waals surface area contributed by atoms with E-state index in [1.165, 1.54) is 0 Å². The van der Waals surface area contributed by atoms with E-state index in [1.54, 1.807) is 9.80 Å². The van der Waals surface area contributed by atoms with Crippen LogP contribution in [0.4, 0.5) is 4.79 Å². The fourth-order valence-corrected chi connectivity index (χ4v) is 3.07. The van der Waals surface area contributed by atoms with E-state index in [-0.39, 0.29) is 31.0 Å². The molecule has 0 aromatic carbocycles. The molecule has 1 aliphatic carbocycles. The molecule has 2 amide bonds. The molecule has 1 saturated heterocycles. The molecule has 0 spiro atoms. The zero-order chi connectivity index (χ0) is 14.5. The van der Waals surface area contributed by atoms with Crippen molar-refractivity contribution in [1.29, 1.82) is 0 Å². The highest BCUT2D eigenvalue weighted by atomic mass is 16.4. The second-order valence-electron chi connectivity index (χ2n) is 5.84. The SMILES string of the molecule is O=C(O)CC1CCCN(C(=O)N(CCO)C2CCC2)C1. The lowest BCUT2D eigenvalue weighted by atomic mass is 9.91. The first-order valence-electron chi connectivity index (χ1n) is 7.50. The van der Waals surface area contributed by atoms with Gasteiger partial charge in [0, 0.05) is 32.1 Å². The van der Waals surface area contributed by atoms with E-state index in [1.807, 2.05) is 0 Å². The fourth-order valence-electron chi connectivity index (χ4n) is 3.07. The molecule has 0 radical (unpaired) electrons. The van der Waals surface area contributed by atoms with Crippen molar-refractivity contribution in [3.63, 3.8) is 0 Å². The lowest BCUT2D eigenvalue weighted by molar-refractivity contribution is -0.138. The van der Waals surface area contributed by atoms with Gasteiger partial charge in [0.2, 0.25) is 0 Å². The summed E-state index contributed by atoms with van der Waals surface area (Å²) >= 11 is 0. The molecule has 1 atom stereocenters. The number of urea groups is 1. The minimum Gasteiger partial charge on any atom is -0.481 e. The van der Waals surface area contributed by atoms with Gasteiger partial charge in [0.1, 0.15) is 0 Å². The molecule has 114 valence electrons. The Balaban J connectivity index is 1.93. The second-order valence-corrected chi connectivity index (χ2v) is 5.84. The Bertz CT molecular complexity index is 357. The van der Waals surface area contributed by atoms with Crippen LogP contribution in [-0.4, -0.2) is 64.3 Å². The Morgan fingerprint density at radius 2 is 1.95 bits per heavy atom. The van der Waals surface area contributed by atoms with Crippen LogP contribution in [0.5, 0.6) is 0 Å². The van der Waals surface area contributed by atoms with Crippen LogP contribution in [0.2, 0.25) is 0 Å². The summed E-state index contributed by atoms with van der Waals surface area (Å²) in [6.45, 7) is 1.58. The first-order chi connectivity index (χ1) is 9.61. The number of hydrogen-bond acceptors (Lipinski definition) is 3. The molecular formula is C14H24N2O4. The van der Waals surface area contributed by atoms with E-state index >= 15 is 0 Å². The van der Waals surface area contributed by atoms with Crippen LogP contribution < -0.4 is 0 Å². The summed E-state index contributed by atoms with van der Waals surface area (Å²) in [5.41, 5.74) is 0. The van der Waals surface area contributed by atoms with Gasteiger partial charge < -0.3 is 20.0 Å². The number of aliphatic hydroxyl groups excluding tert-OH is 1. The molecule has 6 heteroatoms. The van der Waals surface area contributed by atoms with Crippen molar-refractivity contribution in [3.8, 4) is 0 Å². The Morgan fingerprint density at radius 1 is 1.20 bits per heavy atom. The first-order valence-corrected chi connectivity index (χ1v) is 7.50. The number of likely N-dealkylation sites (tertiary alicyclic amines) is 1. The molecular weight excluding hydrogens is 260 g/mol. The fraction of sp³-hybridized carbons (Fsp3) is 0.857. The number of carboxylic acid groups (broad SMARTS) is 1. The van der Waals surface area contributed by atoms with E-state index in [9.17, 15) is 9.59 Å². The third-order valence-corrected chi connectivity index (χ3v) is 4.35. The molecule has 0 aromatic rings. The Hall–Kier alpha value is -1.30. The minimum atomic E-state index is -0.796. The number of rotatable bonds is 5. The number of nitrogens with zero attached hydrogens (tertiary/aromatic N) is 2. The Kier molecular flexibility index (Phi) is 5.23. The quantitative estimate of drug-likeness (QED) is 0.793. The van der Waals surface area contributed by atoms with Crippen LogP contribution in [-0.2, 0) is 4.79 Å². The highest BCUT2D eigenvalue weighted by Crippen LogP contribution is 2.27. The van der Waals surface area contributed by atoms with Crippen LogP contribution in [0.25, 0.3) is 0 Å². The summed E-state index contributed by atoms with van der Waals surface area (Å²) in [6.07, 6.45) is 5.03. The standard InChI is InChI=1S/C14H24N2O4/c17-8-7-16(12-4-1-5-12)14(20)15-6-2-3-11(10-15)9-13(18)19/h11-12,17H,1-10H2,(H,18,19). The summed E-state index contributed by atoms with van der Waals surface area (Å²) in [5.74, 6) is -0.738. The zero-order valence-corrected chi connectivity index (χ0v) is 11.8. The van der Waals surface area contributed by atoms with Gasteiger partial charge in [-0.15, -0.1) is 0 Å². The number of amides is 2. The molecule has 20 heavy (non-hydrogen) atoms. The monoisotopic (exact) mass is 284 g/mol. The van der Waals surface area contributed by atoms with Crippen molar-refractivity contribution in [2.45, 2.75) is 44.6 Å². The Labute approximate surface area is 119 Å². The summed E-state index contributed by atoms with van der Waals surface area (Å²) < 4.78 is 0. The highest BCUT2D eigenvalue weighted by Gasteiger charge is 2.33. The van der Waals surface area contributed by atoms with Crippen LogP contribution in [0, 0.1) is 5.92 Å². The summed E-state index contributed by atoms with van der Waals surface area (Å²) in [7, 11) is 0. The number of carbonyl (C=O) groups is 2. The molecule has 1 unspecified atom stereocenters. The Morgan fingerprint density at radius 3 is 2.50 bits per heavy atom. The molecule has 0 bridgehead atoms. The summed E-state index contributed by atoms with van der Waals surface area (Å²) in [4.78, 5) is 26.9. The lowest BCUT2D eigenvalue weighted by Crippen LogP contribution is -2.53. The normalized spacial score (nSPS) is 23.2. The number of aliphatic carboxylic acids is 1. The van der Waals surface area contributed by atoms with Crippen LogP contribution in [0.15, 0.2) is 0 Å². The van der Waals surface area contributed by atoms with Gasteiger partial charge in [0.15, 0.2) is 0 Å². The third kappa shape index (κ3) is 3.62. The number of piperidine rings is 1. The van der Waals surface area contributed by atoms with Crippen molar-refractivity contribution in [2.75, 3.05) is 26.2 Å². The van der Waals surface area contributed by atoms with Crippen LogP contribution in [0.1, 0.15) is 38.5 Å². The molecule has 1 aliphatic heterocycles. The van der Waals surface area contributed by atoms with Gasteiger partial charge in [-0.1, -0.05) is 0 Å². The van der Waals surface area contributed by atoms with E-state index in [4.69, 9.17) is 10.2 Å². The maximum absolute atomic E-state index is 12.5. The van der Waals surface area contributed by atoms with Crippen molar-refractivity contribution < 1.29 is 19.8 Å². The van der Waals surface area contributed by atoms with Gasteiger partial charge in [0.05, 0.1) is 6.61 Å². The average molecular weight is 284 g/mol. The maximum Gasteiger partial charge on any atom is 0.320 e. The summed E-state index contributed by atoms with van der Waals surface area (Å²) in [6, 6.07) is 0.230. The third-order valence-electron chi connectivity index (χ3n) is 4.35. The van der Waals surface area contributed by atoms with Crippen LogP contribution >= 0.6 is 0 Å². The highest BCUT2D eigenvalue weighted by molar-refractivity contribution is 5.75. The first kappa shape index (κ1) is 15.1. The van der Waals surface area contributed by atoms with Crippen LogP contribution in [0.3, 0.4) is 0 Å². The maximum atomic E-state index is 12.5. The topological polar surface area (TPSA) is 81.1 Å². The molecule has 2 fully saturated rings. The molecule has 1 saturated carbocycles. The smallest absolute Gasteiger partial charge is 0.320 e. The van der Waals surface area contributed by atoms with E-state index in [2.05, 4.69) is 0 Å². The van der Waals surface area contributed by atoms with Crippen molar-refractivity contribution in [1.82, 2.24) is 9.80 Å². The van der Waals surface area contributed by atoms with Gasteiger partial charge in [-0.3, -0.25) is 4.79 Å².